The Kier molecular flexibility index (Phi) is 8.39. The number of carbonyl (C=O) groups excluding carboxylic acids is 1. The van der Waals surface area contributed by atoms with Crippen LogP contribution in [0.5, 0.6) is 0 Å². The maximum atomic E-state index is 13.4. The SMILES string of the molecule is CCN(CC)CCOC(=O)Cn1nc(C(F)(F)F)cc1-c1ccc(-c2cccc(S(C)(=O)=O)c2)s1. The molecule has 0 unspecified atom stereocenters. The Balaban J connectivity index is 1.86. The highest BCUT2D eigenvalue weighted by molar-refractivity contribution is 7.90. The highest BCUT2D eigenvalue weighted by atomic mass is 32.2. The number of ether oxygens (including phenoxy) is 1. The molecule has 0 amide bonds. The third kappa shape index (κ3) is 6.92. The fourth-order valence-corrected chi connectivity index (χ4v) is 5.07. The molecule has 0 saturated heterocycles. The van der Waals surface area contributed by atoms with Gasteiger partial charge in [0.2, 0.25) is 0 Å². The van der Waals surface area contributed by atoms with Crippen LogP contribution >= 0.6 is 11.3 Å². The average Bonchev–Trinajstić information content (AvgIpc) is 3.43. The Labute approximate surface area is 206 Å². The van der Waals surface area contributed by atoms with Gasteiger partial charge in [0, 0.05) is 17.7 Å². The van der Waals surface area contributed by atoms with Crippen LogP contribution in [0.25, 0.3) is 21.0 Å². The first-order valence-corrected chi connectivity index (χ1v) is 13.6. The topological polar surface area (TPSA) is 81.5 Å². The zero-order chi connectivity index (χ0) is 25.8. The number of hydrogen-bond acceptors (Lipinski definition) is 7. The van der Waals surface area contributed by atoms with Gasteiger partial charge in [0.25, 0.3) is 0 Å². The monoisotopic (exact) mass is 529 g/mol. The van der Waals surface area contributed by atoms with Crippen LogP contribution in [0.4, 0.5) is 13.2 Å². The van der Waals surface area contributed by atoms with Gasteiger partial charge < -0.3 is 9.64 Å². The summed E-state index contributed by atoms with van der Waals surface area (Å²) >= 11 is 1.17. The van der Waals surface area contributed by atoms with Crippen LogP contribution in [-0.4, -0.2) is 61.6 Å². The molecule has 12 heteroatoms. The van der Waals surface area contributed by atoms with Crippen LogP contribution in [0.3, 0.4) is 0 Å². The Hall–Kier alpha value is -2.70. The summed E-state index contributed by atoms with van der Waals surface area (Å²) in [6.45, 7) is 5.72. The van der Waals surface area contributed by atoms with Gasteiger partial charge in [0.15, 0.2) is 15.5 Å². The standard InChI is InChI=1S/C23H26F3N3O4S2/c1-4-28(5-2)11-12-33-22(30)15-29-18(14-21(27-29)23(24,25)26)20-10-9-19(34-20)16-7-6-8-17(13-16)35(3,31)32/h6-10,13-14H,4-5,11-12,15H2,1-3H3. The first-order chi connectivity index (χ1) is 16.4. The van der Waals surface area contributed by atoms with E-state index < -0.39 is 34.2 Å². The predicted molar refractivity (Wildman–Crippen MR) is 128 cm³/mol. The van der Waals surface area contributed by atoms with E-state index in [2.05, 4.69) is 10.00 Å². The molecule has 7 nitrogen and oxygen atoms in total. The molecule has 190 valence electrons. The van der Waals surface area contributed by atoms with Gasteiger partial charge in [0.05, 0.1) is 15.5 Å². The van der Waals surface area contributed by atoms with E-state index in [1.54, 1.807) is 24.3 Å². The molecule has 0 aliphatic heterocycles. The number of carbonyl (C=O) groups is 1. The van der Waals surface area contributed by atoms with Crippen molar-refractivity contribution in [1.29, 1.82) is 0 Å². The molecule has 0 aliphatic rings. The van der Waals surface area contributed by atoms with Crippen LogP contribution in [0.1, 0.15) is 19.5 Å². The first-order valence-electron chi connectivity index (χ1n) is 10.9. The Morgan fingerprint density at radius 1 is 1.11 bits per heavy atom. The van der Waals surface area contributed by atoms with Crippen LogP contribution in [0, 0.1) is 0 Å². The molecule has 0 saturated carbocycles. The van der Waals surface area contributed by atoms with Crippen molar-refractivity contribution in [3.05, 3.63) is 48.2 Å². The molecule has 0 aliphatic carbocycles. The highest BCUT2D eigenvalue weighted by Gasteiger charge is 2.35. The van der Waals surface area contributed by atoms with Crippen molar-refractivity contribution >= 4 is 27.1 Å². The molecule has 2 heterocycles. The lowest BCUT2D eigenvalue weighted by molar-refractivity contribution is -0.146. The lowest BCUT2D eigenvalue weighted by atomic mass is 10.2. The molecule has 0 bridgehead atoms. The number of alkyl halides is 3. The number of rotatable bonds is 10. The summed E-state index contributed by atoms with van der Waals surface area (Å²) in [5.41, 5.74) is -0.381. The summed E-state index contributed by atoms with van der Waals surface area (Å²) in [7, 11) is -3.42. The number of aromatic nitrogens is 2. The van der Waals surface area contributed by atoms with Gasteiger partial charge in [-0.2, -0.15) is 18.3 Å². The Bertz CT molecular complexity index is 1280. The fourth-order valence-electron chi connectivity index (χ4n) is 3.38. The van der Waals surface area contributed by atoms with E-state index in [-0.39, 0.29) is 17.2 Å². The summed E-state index contributed by atoms with van der Waals surface area (Å²) in [6.07, 6.45) is -3.58. The molecule has 0 fully saturated rings. The van der Waals surface area contributed by atoms with Crippen molar-refractivity contribution in [3.63, 3.8) is 0 Å². The zero-order valence-electron chi connectivity index (χ0n) is 19.5. The van der Waals surface area contributed by atoms with Crippen molar-refractivity contribution in [2.24, 2.45) is 0 Å². The molecular weight excluding hydrogens is 503 g/mol. The quantitative estimate of drug-likeness (QED) is 0.358. The predicted octanol–water partition coefficient (Wildman–Crippen LogP) is 4.59. The van der Waals surface area contributed by atoms with Gasteiger partial charge in [-0.1, -0.05) is 26.0 Å². The number of benzene rings is 1. The molecule has 2 aromatic heterocycles. The number of thiophene rings is 1. The van der Waals surface area contributed by atoms with Crippen LogP contribution in [-0.2, 0) is 32.1 Å². The molecule has 0 atom stereocenters. The van der Waals surface area contributed by atoms with Gasteiger partial charge in [-0.05, 0) is 49.0 Å². The highest BCUT2D eigenvalue weighted by Crippen LogP contribution is 2.38. The lowest BCUT2D eigenvalue weighted by Crippen LogP contribution is -2.28. The second kappa shape index (κ2) is 10.9. The van der Waals surface area contributed by atoms with E-state index in [1.165, 1.54) is 23.5 Å². The van der Waals surface area contributed by atoms with Crippen molar-refractivity contribution in [3.8, 4) is 21.0 Å². The van der Waals surface area contributed by atoms with Gasteiger partial charge in [-0.25, -0.2) is 8.42 Å². The number of halogens is 3. The largest absolute Gasteiger partial charge is 0.463 e. The summed E-state index contributed by atoms with van der Waals surface area (Å²) in [4.78, 5) is 15.6. The van der Waals surface area contributed by atoms with Crippen molar-refractivity contribution in [1.82, 2.24) is 14.7 Å². The van der Waals surface area contributed by atoms with Crippen LogP contribution in [0.2, 0.25) is 0 Å². The lowest BCUT2D eigenvalue weighted by Gasteiger charge is -2.17. The van der Waals surface area contributed by atoms with E-state index in [9.17, 15) is 26.4 Å². The fraction of sp³-hybridized carbons (Fsp3) is 0.391. The second-order valence-electron chi connectivity index (χ2n) is 7.78. The normalized spacial score (nSPS) is 12.3. The molecule has 0 N–H and O–H groups in total. The number of nitrogens with zero attached hydrogens (tertiary/aromatic N) is 3. The minimum Gasteiger partial charge on any atom is -0.463 e. The van der Waals surface area contributed by atoms with E-state index in [0.717, 1.165) is 30.1 Å². The third-order valence-corrected chi connectivity index (χ3v) is 7.59. The molecule has 3 rings (SSSR count). The van der Waals surface area contributed by atoms with Crippen molar-refractivity contribution in [2.75, 3.05) is 32.5 Å². The van der Waals surface area contributed by atoms with E-state index in [4.69, 9.17) is 4.74 Å². The maximum absolute atomic E-state index is 13.4. The molecule has 0 spiro atoms. The van der Waals surface area contributed by atoms with Gasteiger partial charge in [-0.3, -0.25) is 9.48 Å². The van der Waals surface area contributed by atoms with Gasteiger partial charge in [-0.15, -0.1) is 11.3 Å². The zero-order valence-corrected chi connectivity index (χ0v) is 21.1. The summed E-state index contributed by atoms with van der Waals surface area (Å²) in [5, 5.41) is 3.61. The Morgan fingerprint density at radius 3 is 2.43 bits per heavy atom. The third-order valence-electron chi connectivity index (χ3n) is 5.32. The van der Waals surface area contributed by atoms with E-state index in [1.807, 2.05) is 13.8 Å². The van der Waals surface area contributed by atoms with Gasteiger partial charge in [0.1, 0.15) is 13.2 Å². The van der Waals surface area contributed by atoms with E-state index >= 15 is 0 Å². The average molecular weight is 530 g/mol. The minimum atomic E-state index is -4.68. The summed E-state index contributed by atoms with van der Waals surface area (Å²) in [6, 6.07) is 10.5. The van der Waals surface area contributed by atoms with Crippen molar-refractivity contribution in [2.45, 2.75) is 31.5 Å². The van der Waals surface area contributed by atoms with E-state index in [0.29, 0.717) is 21.9 Å². The van der Waals surface area contributed by atoms with Gasteiger partial charge >= 0.3 is 12.1 Å². The maximum Gasteiger partial charge on any atom is 0.435 e. The molecule has 3 aromatic rings. The minimum absolute atomic E-state index is 0.119. The molecule has 1 aromatic carbocycles. The summed E-state index contributed by atoms with van der Waals surface area (Å²) in [5.74, 6) is -0.687. The molecular formula is C23H26F3N3O4S2. The summed E-state index contributed by atoms with van der Waals surface area (Å²) < 4.78 is 70.1. The Morgan fingerprint density at radius 2 is 1.80 bits per heavy atom. The number of esters is 1. The van der Waals surface area contributed by atoms with Crippen LogP contribution < -0.4 is 0 Å². The molecule has 35 heavy (non-hydrogen) atoms. The number of hydrogen-bond donors (Lipinski definition) is 0. The molecule has 0 radical (unpaired) electrons. The number of sulfone groups is 1. The first kappa shape index (κ1) is 26.9. The second-order valence-corrected chi connectivity index (χ2v) is 10.9. The smallest absolute Gasteiger partial charge is 0.435 e. The number of likely N-dealkylation sites (N-methyl/N-ethyl adjacent to an activating group) is 1. The van der Waals surface area contributed by atoms with Crippen molar-refractivity contribution < 1.29 is 31.1 Å². The van der Waals surface area contributed by atoms with Crippen LogP contribution in [0.15, 0.2) is 47.4 Å².